The molecular formula is C101H119N11O16S3. The van der Waals surface area contributed by atoms with E-state index in [1.165, 1.54) is 30.8 Å². The van der Waals surface area contributed by atoms with Gasteiger partial charge < -0.3 is 78.6 Å². The Morgan fingerprint density at radius 3 is 1.65 bits per heavy atom. The molecule has 692 valence electrons. The number of nitrogens with two attached hydrogens (primary N) is 1. The molecule has 11 amide bonds. The number of fused-ring (bicyclic) bond motifs is 4. The van der Waals surface area contributed by atoms with Gasteiger partial charge in [-0.15, -0.1) is 11.8 Å². The minimum Gasteiger partial charge on any atom is -0.508 e. The number of ether oxygens (including phenoxy) is 2. The lowest BCUT2D eigenvalue weighted by molar-refractivity contribution is -0.137. The number of hydrogen-bond donors (Lipinski definition) is 13. The van der Waals surface area contributed by atoms with Gasteiger partial charge in [-0.25, -0.2) is 9.59 Å². The number of primary amides is 1. The van der Waals surface area contributed by atoms with E-state index in [0.29, 0.717) is 23.1 Å². The fourth-order valence-electron chi connectivity index (χ4n) is 16.6. The largest absolute Gasteiger partial charge is 0.508 e. The molecule has 11 rings (SSSR count). The van der Waals surface area contributed by atoms with Crippen LogP contribution in [-0.2, 0) is 81.4 Å². The first-order valence-electron chi connectivity index (χ1n) is 44.3. The average Bonchev–Trinajstić information content (AvgIpc) is 1.43. The van der Waals surface area contributed by atoms with Gasteiger partial charge in [-0.3, -0.25) is 47.9 Å². The van der Waals surface area contributed by atoms with Crippen LogP contribution in [-0.4, -0.2) is 177 Å². The summed E-state index contributed by atoms with van der Waals surface area (Å²) in [6.45, 7) is 16.6. The molecule has 8 aromatic rings. The molecule has 1 saturated heterocycles. The number of hydrogen-bond acceptors (Lipinski definition) is 19. The lowest BCUT2D eigenvalue weighted by Crippen LogP contribution is -2.63. The number of rotatable bonds is 32. The van der Waals surface area contributed by atoms with Crippen molar-refractivity contribution in [2.45, 2.75) is 202 Å². The predicted octanol–water partition coefficient (Wildman–Crippen LogP) is 11.3. The van der Waals surface area contributed by atoms with Crippen molar-refractivity contribution in [3.63, 3.8) is 0 Å². The lowest BCUT2D eigenvalue weighted by atomic mass is 9.84. The van der Waals surface area contributed by atoms with Crippen molar-refractivity contribution < 1.29 is 77.2 Å². The van der Waals surface area contributed by atoms with Crippen molar-refractivity contribution in [2.24, 2.45) is 23.5 Å². The van der Waals surface area contributed by atoms with Gasteiger partial charge >= 0.3 is 12.2 Å². The van der Waals surface area contributed by atoms with Crippen molar-refractivity contribution >= 4 is 110 Å². The molecule has 0 spiro atoms. The summed E-state index contributed by atoms with van der Waals surface area (Å²) in [5.41, 5.74) is 15.4. The first-order chi connectivity index (χ1) is 62.6. The Labute approximate surface area is 777 Å². The number of thioether (sulfide) groups is 1. The molecule has 2 aliphatic carbocycles. The van der Waals surface area contributed by atoms with Crippen LogP contribution in [0.3, 0.4) is 0 Å². The van der Waals surface area contributed by atoms with Crippen LogP contribution in [0.2, 0.25) is 0 Å². The summed E-state index contributed by atoms with van der Waals surface area (Å²) in [5, 5.41) is 50.5. The number of Topliss-reactive ketones (excluding diaryl/α,β-unsaturated/α-hetero) is 1. The second-order valence-corrected chi connectivity index (χ2v) is 39.9. The van der Waals surface area contributed by atoms with E-state index in [-0.39, 0.29) is 69.1 Å². The summed E-state index contributed by atoms with van der Waals surface area (Å²) < 4.78 is 9.02. The Morgan fingerprint density at radius 1 is 0.542 bits per heavy atom. The number of ketones is 1. The molecule has 1 heterocycles. The van der Waals surface area contributed by atoms with Gasteiger partial charge in [0.2, 0.25) is 53.2 Å². The third-order valence-corrected chi connectivity index (χ3v) is 27.6. The molecule has 30 heteroatoms. The number of carbonyl (C=O) groups is 12. The van der Waals surface area contributed by atoms with E-state index in [1.807, 2.05) is 170 Å². The van der Waals surface area contributed by atoms with E-state index in [4.69, 9.17) is 15.2 Å². The van der Waals surface area contributed by atoms with Gasteiger partial charge in [-0.2, -0.15) is 0 Å². The molecule has 14 N–H and O–H groups in total. The van der Waals surface area contributed by atoms with Crippen LogP contribution in [0.5, 0.6) is 5.75 Å². The zero-order valence-corrected chi connectivity index (χ0v) is 77.8. The van der Waals surface area contributed by atoms with E-state index in [1.54, 1.807) is 105 Å². The van der Waals surface area contributed by atoms with Gasteiger partial charge in [0.25, 0.3) is 0 Å². The number of amides is 11. The number of phenols is 1. The average molecular weight is 1840 g/mol. The number of benzene rings is 8. The Morgan fingerprint density at radius 2 is 1.08 bits per heavy atom. The standard InChI is InChI=1S/C101H119N11O16S3/c1-60(2)84(109-95(123)85(61(3)4)111-98(126)128-99(6,7)8)94(122)103-52-30-29-45-78-90(118)110-86(62(5)113)96(124)107-82(93(121)112-87(88(102)116)100(9,10)131-101(68-34-17-12-18-35-68,69-36-19-13-20-37-69)70-38-21-14-22-39-70)59-130-129-58-81(83(115)56-67(53-64-46-50-71(114)51-47-64)89(117)105-80(92(120)104-78)55-66-49-48-65-33-23-24-40-72(65)66)106-91(119)79(54-63-31-15-11-16-32-63)108-97(125)127-57-77-75-43-27-25-41-73(75)74-42-26-28-44-76(74)77/h11-28,31-44,46-47,49-51,60-62,67,77-82,84-87,113-114H,29-30,45,48,52-59H2,1-10H3,(H2,102,116)(H,103,122)(H,104,120)(H,105,117)(H,106,119)(H,107,124)(H,108,125)(H,109,123)(H,110,118)(H,111,126)(H,112,121)/t62-,67-,78+,79-,80-,81+,82+,84+,85+,86+,87-/m1/s1. The number of aliphatic hydroxyl groups is 1. The van der Waals surface area contributed by atoms with Crippen LogP contribution in [0.4, 0.5) is 9.59 Å². The molecule has 11 atom stereocenters. The van der Waals surface area contributed by atoms with Gasteiger partial charge in [0.1, 0.15) is 66.3 Å². The summed E-state index contributed by atoms with van der Waals surface area (Å²) in [6.07, 6.45) is -2.22. The summed E-state index contributed by atoms with van der Waals surface area (Å²) in [7, 11) is 1.94. The molecule has 0 saturated carbocycles. The van der Waals surface area contributed by atoms with Crippen LogP contribution in [0.15, 0.2) is 224 Å². The molecule has 3 aliphatic rings. The Hall–Kier alpha value is -12.3. The Bertz CT molecular complexity index is 5230. The normalized spacial score (nSPS) is 18.9. The van der Waals surface area contributed by atoms with Crippen LogP contribution < -0.4 is 58.9 Å². The smallest absolute Gasteiger partial charge is 0.408 e. The fourth-order valence-corrected chi connectivity index (χ4v) is 20.8. The third kappa shape index (κ3) is 26.8. The van der Waals surface area contributed by atoms with E-state index in [9.17, 15) is 34.2 Å². The van der Waals surface area contributed by atoms with Gasteiger partial charge in [-0.05, 0) is 164 Å². The number of allylic oxidation sites excluding steroid dienone is 1. The molecule has 0 radical (unpaired) electrons. The molecule has 0 unspecified atom stereocenters. The highest BCUT2D eigenvalue weighted by Crippen LogP contribution is 2.54. The van der Waals surface area contributed by atoms with Crippen LogP contribution >= 0.6 is 33.3 Å². The van der Waals surface area contributed by atoms with Crippen molar-refractivity contribution in [2.75, 3.05) is 24.7 Å². The maximum absolute atomic E-state index is 15.9. The predicted molar refractivity (Wildman–Crippen MR) is 510 cm³/mol. The first kappa shape index (κ1) is 99.3. The lowest BCUT2D eigenvalue weighted by Gasteiger charge is -2.44. The second-order valence-electron chi connectivity index (χ2n) is 35.5. The van der Waals surface area contributed by atoms with Crippen molar-refractivity contribution in [3.05, 3.63) is 275 Å². The molecule has 1 aliphatic heterocycles. The first-order valence-corrected chi connectivity index (χ1v) is 47.6. The highest BCUT2D eigenvalue weighted by molar-refractivity contribution is 8.76. The van der Waals surface area contributed by atoms with E-state index < -0.39 is 177 Å². The summed E-state index contributed by atoms with van der Waals surface area (Å²) >= 11 is 1.35. The topological polar surface area (TPSA) is 410 Å². The number of phenolic OH excluding ortho intramolecular Hbond substituents is 1. The third-order valence-electron chi connectivity index (χ3n) is 23.4. The molecule has 0 bridgehead atoms. The molecule has 27 nitrogen and oxygen atoms in total. The number of carbonyl (C=O) groups excluding carboxylic acids is 12. The Kier molecular flexibility index (Phi) is 34.9. The SMILES string of the molecule is CC(C)[C@H](NC(=O)OC(C)(C)C)C(=O)N[C@H](C(=O)NCCCC[C@@H]1NC(=O)[C@@H](CC2=CCc3ccccc32)NC(=O)[C@H](Cc2ccc(O)cc2)CC(=O)[C@@H](NC(=O)[C@@H](Cc2ccccc2)NC(=O)OCC2c3ccccc3-c3ccccc32)CSSC[C@@H](C(=O)N[C@H](C(N)=O)C(C)(C)SC(c2ccccc2)(c2ccccc2)c2ccccc2)NC(=O)[C@H]([C@@H](C)O)NC1=O)C(C)C. The number of nitrogens with one attached hydrogen (secondary N) is 10. The summed E-state index contributed by atoms with van der Waals surface area (Å²) in [6, 6.07) is 53.4. The minimum atomic E-state index is -1.90. The molecular weight excluding hydrogens is 1720 g/mol. The highest BCUT2D eigenvalue weighted by Gasteiger charge is 2.49. The summed E-state index contributed by atoms with van der Waals surface area (Å²) in [5.74, 6) is -11.9. The van der Waals surface area contributed by atoms with Crippen molar-refractivity contribution in [3.8, 4) is 16.9 Å². The maximum Gasteiger partial charge on any atom is 0.408 e. The zero-order chi connectivity index (χ0) is 94.3. The minimum absolute atomic E-state index is 0.0345. The van der Waals surface area contributed by atoms with Gasteiger partial charge in [0.05, 0.1) is 16.9 Å². The van der Waals surface area contributed by atoms with Crippen molar-refractivity contribution in [1.29, 1.82) is 0 Å². The number of unbranched alkanes of at least 4 members (excludes halogenated alkanes) is 1. The Balaban J connectivity index is 0.947. The zero-order valence-electron chi connectivity index (χ0n) is 75.3. The molecule has 131 heavy (non-hydrogen) atoms. The van der Waals surface area contributed by atoms with Crippen LogP contribution in [0.1, 0.15) is 157 Å². The van der Waals surface area contributed by atoms with Gasteiger partial charge in [0.15, 0.2) is 5.78 Å². The molecule has 1 fully saturated rings. The number of alkyl carbamates (subject to hydrolysis) is 2. The highest BCUT2D eigenvalue weighted by atomic mass is 33.1. The monoisotopic (exact) mass is 1840 g/mol. The van der Waals surface area contributed by atoms with E-state index in [0.717, 1.165) is 71.7 Å². The maximum atomic E-state index is 15.9. The molecule has 0 aromatic heterocycles. The summed E-state index contributed by atoms with van der Waals surface area (Å²) in [4.78, 5) is 180. The van der Waals surface area contributed by atoms with E-state index >= 15 is 33.6 Å². The van der Waals surface area contributed by atoms with Crippen molar-refractivity contribution in [1.82, 2.24) is 53.2 Å². The second kappa shape index (κ2) is 46.0. The number of aromatic hydroxyl groups is 1. The van der Waals surface area contributed by atoms with Gasteiger partial charge in [0, 0.05) is 53.9 Å². The van der Waals surface area contributed by atoms with Crippen LogP contribution in [0, 0.1) is 17.8 Å². The van der Waals surface area contributed by atoms with Crippen LogP contribution in [0.25, 0.3) is 16.7 Å². The fraction of sp³-hybridized carbons (Fsp3) is 0.386. The quantitative estimate of drug-likeness (QED) is 0.0106. The molecule has 8 aromatic carbocycles. The number of aliphatic hydroxyl groups excluding tert-OH is 1. The van der Waals surface area contributed by atoms with Gasteiger partial charge in [-0.1, -0.05) is 262 Å². The van der Waals surface area contributed by atoms with E-state index in [2.05, 4.69) is 53.2 Å².